The normalized spacial score (nSPS) is 16.0. The molecule has 0 aliphatic carbocycles. The summed E-state index contributed by atoms with van der Waals surface area (Å²) in [5.74, 6) is 0.748. The molecule has 0 aliphatic rings. The van der Waals surface area contributed by atoms with Crippen molar-refractivity contribution in [1.82, 2.24) is 5.32 Å². The number of amides is 1. The Hall–Kier alpha value is -0.570. The van der Waals surface area contributed by atoms with Gasteiger partial charge in [-0.25, -0.2) is 0 Å². The van der Waals surface area contributed by atoms with Crippen molar-refractivity contribution in [2.45, 2.75) is 54.0 Å². The predicted molar refractivity (Wildman–Crippen MR) is 69.1 cm³/mol. The second kappa shape index (κ2) is 6.24. The standard InChI is InChI=1S/C13H28N2O/c1-7-10(4)11(14)12(16)15-8-13(5,6)9(2)3/h9-11H,7-8,14H2,1-6H3,(H,15,16)/t10?,11-/m0/s1. The molecule has 16 heavy (non-hydrogen) atoms. The second-order valence-corrected chi connectivity index (χ2v) is 5.77. The van der Waals surface area contributed by atoms with E-state index < -0.39 is 0 Å². The molecular formula is C13H28N2O. The Morgan fingerprint density at radius 2 is 1.81 bits per heavy atom. The molecule has 0 spiro atoms. The molecule has 0 rings (SSSR count). The Kier molecular flexibility index (Phi) is 6.01. The highest BCUT2D eigenvalue weighted by Crippen LogP contribution is 2.24. The highest BCUT2D eigenvalue weighted by Gasteiger charge is 2.25. The van der Waals surface area contributed by atoms with Gasteiger partial charge in [0, 0.05) is 6.54 Å². The first kappa shape index (κ1) is 15.4. The lowest BCUT2D eigenvalue weighted by Crippen LogP contribution is -2.47. The molecule has 0 radical (unpaired) electrons. The van der Waals surface area contributed by atoms with Crippen molar-refractivity contribution in [3.8, 4) is 0 Å². The lowest BCUT2D eigenvalue weighted by molar-refractivity contribution is -0.124. The fourth-order valence-electron chi connectivity index (χ4n) is 1.15. The number of hydrogen-bond donors (Lipinski definition) is 2. The Labute approximate surface area is 100 Å². The van der Waals surface area contributed by atoms with Crippen LogP contribution in [0.1, 0.15) is 48.0 Å². The van der Waals surface area contributed by atoms with Gasteiger partial charge in [-0.15, -0.1) is 0 Å². The summed E-state index contributed by atoms with van der Waals surface area (Å²) in [5.41, 5.74) is 5.98. The number of nitrogens with one attached hydrogen (secondary N) is 1. The summed E-state index contributed by atoms with van der Waals surface area (Å²) in [5, 5.41) is 2.96. The van der Waals surface area contributed by atoms with Gasteiger partial charge in [0.15, 0.2) is 0 Å². The maximum atomic E-state index is 11.8. The van der Waals surface area contributed by atoms with Crippen LogP contribution in [0, 0.1) is 17.3 Å². The van der Waals surface area contributed by atoms with E-state index in [1.54, 1.807) is 0 Å². The summed E-state index contributed by atoms with van der Waals surface area (Å²) >= 11 is 0. The lowest BCUT2D eigenvalue weighted by atomic mass is 9.81. The van der Waals surface area contributed by atoms with Crippen LogP contribution in [0.15, 0.2) is 0 Å². The van der Waals surface area contributed by atoms with Crippen molar-refractivity contribution in [1.29, 1.82) is 0 Å². The summed E-state index contributed by atoms with van der Waals surface area (Å²) < 4.78 is 0. The minimum atomic E-state index is -0.382. The third kappa shape index (κ3) is 4.52. The molecule has 0 bridgehead atoms. The third-order valence-electron chi connectivity index (χ3n) is 3.84. The van der Waals surface area contributed by atoms with Crippen LogP contribution >= 0.6 is 0 Å². The Balaban J connectivity index is 4.17. The molecule has 2 atom stereocenters. The van der Waals surface area contributed by atoms with Crippen molar-refractivity contribution >= 4 is 5.91 Å². The molecule has 0 aromatic rings. The van der Waals surface area contributed by atoms with Crippen LogP contribution in [-0.2, 0) is 4.79 Å². The maximum Gasteiger partial charge on any atom is 0.237 e. The van der Waals surface area contributed by atoms with Gasteiger partial charge in [-0.05, 0) is 17.3 Å². The number of carbonyl (C=O) groups excluding carboxylic acids is 1. The predicted octanol–water partition coefficient (Wildman–Crippen LogP) is 2.16. The van der Waals surface area contributed by atoms with Crippen LogP contribution in [0.2, 0.25) is 0 Å². The van der Waals surface area contributed by atoms with Crippen LogP contribution in [-0.4, -0.2) is 18.5 Å². The molecule has 0 heterocycles. The number of hydrogen-bond acceptors (Lipinski definition) is 2. The monoisotopic (exact) mass is 228 g/mol. The van der Waals surface area contributed by atoms with E-state index in [2.05, 4.69) is 39.9 Å². The lowest BCUT2D eigenvalue weighted by Gasteiger charge is -2.30. The zero-order chi connectivity index (χ0) is 12.9. The molecule has 0 aromatic heterocycles. The third-order valence-corrected chi connectivity index (χ3v) is 3.84. The largest absolute Gasteiger partial charge is 0.354 e. The quantitative estimate of drug-likeness (QED) is 0.732. The van der Waals surface area contributed by atoms with E-state index in [1.807, 2.05) is 6.92 Å². The summed E-state index contributed by atoms with van der Waals surface area (Å²) in [4.78, 5) is 11.8. The average molecular weight is 228 g/mol. The maximum absolute atomic E-state index is 11.8. The van der Waals surface area contributed by atoms with Crippen LogP contribution < -0.4 is 11.1 Å². The van der Waals surface area contributed by atoms with Crippen molar-refractivity contribution in [3.63, 3.8) is 0 Å². The molecular weight excluding hydrogens is 200 g/mol. The van der Waals surface area contributed by atoms with Gasteiger partial charge in [-0.3, -0.25) is 4.79 Å². The first-order valence-corrected chi connectivity index (χ1v) is 6.25. The van der Waals surface area contributed by atoms with Crippen LogP contribution in [0.3, 0.4) is 0 Å². The van der Waals surface area contributed by atoms with E-state index in [-0.39, 0.29) is 23.3 Å². The Morgan fingerprint density at radius 1 is 1.31 bits per heavy atom. The topological polar surface area (TPSA) is 55.1 Å². The van der Waals surface area contributed by atoms with E-state index in [0.29, 0.717) is 12.5 Å². The molecule has 3 N–H and O–H groups in total. The van der Waals surface area contributed by atoms with Crippen LogP contribution in [0.4, 0.5) is 0 Å². The summed E-state index contributed by atoms with van der Waals surface area (Å²) in [7, 11) is 0. The molecule has 96 valence electrons. The first-order valence-electron chi connectivity index (χ1n) is 6.25. The highest BCUT2D eigenvalue weighted by atomic mass is 16.2. The number of carbonyl (C=O) groups is 1. The van der Waals surface area contributed by atoms with Gasteiger partial charge in [0.05, 0.1) is 6.04 Å². The van der Waals surface area contributed by atoms with Crippen LogP contribution in [0.25, 0.3) is 0 Å². The molecule has 1 unspecified atom stereocenters. The van der Waals surface area contributed by atoms with E-state index in [9.17, 15) is 4.79 Å². The summed E-state index contributed by atoms with van der Waals surface area (Å²) in [6.07, 6.45) is 0.933. The SMILES string of the molecule is CCC(C)[C@H](N)C(=O)NCC(C)(C)C(C)C. The summed E-state index contributed by atoms with van der Waals surface area (Å²) in [6.45, 7) is 13.4. The highest BCUT2D eigenvalue weighted by molar-refractivity contribution is 5.81. The van der Waals surface area contributed by atoms with Crippen molar-refractivity contribution in [2.75, 3.05) is 6.54 Å². The molecule has 0 saturated heterocycles. The van der Waals surface area contributed by atoms with Crippen LogP contribution in [0.5, 0.6) is 0 Å². The fourth-order valence-corrected chi connectivity index (χ4v) is 1.15. The van der Waals surface area contributed by atoms with Gasteiger partial charge in [0.1, 0.15) is 0 Å². The minimum absolute atomic E-state index is 0.0249. The van der Waals surface area contributed by atoms with Gasteiger partial charge in [0.2, 0.25) is 5.91 Å². The zero-order valence-electron chi connectivity index (χ0n) is 11.6. The van der Waals surface area contributed by atoms with E-state index in [4.69, 9.17) is 5.73 Å². The zero-order valence-corrected chi connectivity index (χ0v) is 11.6. The van der Waals surface area contributed by atoms with E-state index in [0.717, 1.165) is 6.42 Å². The van der Waals surface area contributed by atoms with Crippen molar-refractivity contribution in [3.05, 3.63) is 0 Å². The van der Waals surface area contributed by atoms with Gasteiger partial charge in [-0.2, -0.15) is 0 Å². The van der Waals surface area contributed by atoms with Crippen molar-refractivity contribution in [2.24, 2.45) is 23.0 Å². The second-order valence-electron chi connectivity index (χ2n) is 5.77. The number of nitrogens with two attached hydrogens (primary N) is 1. The summed E-state index contributed by atoms with van der Waals surface area (Å²) in [6, 6.07) is -0.382. The van der Waals surface area contributed by atoms with E-state index in [1.165, 1.54) is 0 Å². The van der Waals surface area contributed by atoms with Gasteiger partial charge in [0.25, 0.3) is 0 Å². The molecule has 0 fully saturated rings. The molecule has 0 aliphatic heterocycles. The van der Waals surface area contributed by atoms with Gasteiger partial charge < -0.3 is 11.1 Å². The molecule has 3 heteroatoms. The van der Waals surface area contributed by atoms with Gasteiger partial charge in [-0.1, -0.05) is 48.0 Å². The molecule has 3 nitrogen and oxygen atoms in total. The molecule has 1 amide bonds. The first-order chi connectivity index (χ1) is 7.22. The smallest absolute Gasteiger partial charge is 0.237 e. The number of rotatable bonds is 6. The molecule has 0 saturated carbocycles. The van der Waals surface area contributed by atoms with Crippen molar-refractivity contribution < 1.29 is 4.79 Å². The minimum Gasteiger partial charge on any atom is -0.354 e. The van der Waals surface area contributed by atoms with E-state index >= 15 is 0 Å². The fraction of sp³-hybridized carbons (Fsp3) is 0.923. The Morgan fingerprint density at radius 3 is 2.19 bits per heavy atom. The Bertz CT molecular complexity index is 224. The molecule has 0 aromatic carbocycles. The average Bonchev–Trinajstić information content (AvgIpc) is 2.23. The van der Waals surface area contributed by atoms with Gasteiger partial charge >= 0.3 is 0 Å².